The van der Waals surface area contributed by atoms with Crippen LogP contribution in [0.2, 0.25) is 0 Å². The van der Waals surface area contributed by atoms with E-state index in [0.717, 1.165) is 49.2 Å². The van der Waals surface area contributed by atoms with E-state index in [1.54, 1.807) is 7.05 Å². The van der Waals surface area contributed by atoms with Gasteiger partial charge in [-0.2, -0.15) is 0 Å². The highest BCUT2D eigenvalue weighted by molar-refractivity contribution is 5.80. The van der Waals surface area contributed by atoms with Crippen LogP contribution >= 0.6 is 0 Å². The van der Waals surface area contributed by atoms with Crippen LogP contribution in [0.4, 0.5) is 0 Å². The zero-order valence-electron chi connectivity index (χ0n) is 14.6. The van der Waals surface area contributed by atoms with Gasteiger partial charge in [-0.1, -0.05) is 12.1 Å². The molecule has 2 N–H and O–H groups in total. The van der Waals surface area contributed by atoms with Crippen LogP contribution in [0, 0.1) is 6.92 Å². The third kappa shape index (κ3) is 3.91. The van der Waals surface area contributed by atoms with Gasteiger partial charge in [-0.05, 0) is 49.6 Å². The van der Waals surface area contributed by atoms with Crippen LogP contribution in [0.3, 0.4) is 0 Å². The molecule has 0 saturated carbocycles. The van der Waals surface area contributed by atoms with E-state index in [1.807, 2.05) is 19.1 Å². The summed E-state index contributed by atoms with van der Waals surface area (Å²) in [7, 11) is 1.78. The summed E-state index contributed by atoms with van der Waals surface area (Å²) < 4.78 is 11.2. The largest absolute Gasteiger partial charge is 0.493 e. The maximum absolute atomic E-state index is 5.65. The van der Waals surface area contributed by atoms with Gasteiger partial charge in [0.25, 0.3) is 0 Å². The zero-order chi connectivity index (χ0) is 16.9. The second kappa shape index (κ2) is 7.43. The fourth-order valence-electron chi connectivity index (χ4n) is 2.88. The lowest BCUT2D eigenvalue weighted by molar-refractivity contribution is 0.357. The fraction of sp³-hybridized carbons (Fsp3) is 0.421. The number of nitrogens with one attached hydrogen (secondary N) is 2. The Bertz CT molecular complexity index is 721. The summed E-state index contributed by atoms with van der Waals surface area (Å²) in [6, 6.07) is 10.5. The van der Waals surface area contributed by atoms with Gasteiger partial charge in [0.1, 0.15) is 17.3 Å². The number of rotatable bonds is 5. The second-order valence-corrected chi connectivity index (χ2v) is 6.10. The smallest absolute Gasteiger partial charge is 0.191 e. The average molecular weight is 327 g/mol. The fourth-order valence-corrected chi connectivity index (χ4v) is 2.88. The Balaban J connectivity index is 1.49. The molecule has 0 spiro atoms. The molecule has 3 rings (SSSR count). The number of hydrogen-bond acceptors (Lipinski definition) is 3. The van der Waals surface area contributed by atoms with E-state index >= 15 is 0 Å². The molecule has 1 aliphatic rings. The first-order chi connectivity index (χ1) is 11.7. The standard InChI is InChI=1S/C19H25N3O2/c1-13-4-6-17(24-13)14(2)22-19(20-3)21-10-8-15-5-7-18-16(12-15)9-11-23-18/h4-7,12,14H,8-11H2,1-3H3,(H2,20,21,22)/t14-/m1/s1. The van der Waals surface area contributed by atoms with E-state index < -0.39 is 0 Å². The van der Waals surface area contributed by atoms with Crippen molar-refractivity contribution in [3.8, 4) is 5.75 Å². The van der Waals surface area contributed by atoms with Gasteiger partial charge in [-0.15, -0.1) is 0 Å². The molecule has 1 aromatic carbocycles. The molecule has 1 aromatic heterocycles. The minimum atomic E-state index is 0.0713. The van der Waals surface area contributed by atoms with E-state index in [4.69, 9.17) is 9.15 Å². The van der Waals surface area contributed by atoms with Crippen molar-refractivity contribution in [2.45, 2.75) is 32.7 Å². The van der Waals surface area contributed by atoms with Crippen LogP contribution in [0.1, 0.15) is 35.6 Å². The van der Waals surface area contributed by atoms with E-state index in [1.165, 1.54) is 11.1 Å². The topological polar surface area (TPSA) is 58.8 Å². The van der Waals surface area contributed by atoms with Crippen molar-refractivity contribution in [2.24, 2.45) is 4.99 Å². The summed E-state index contributed by atoms with van der Waals surface area (Å²) in [6.45, 7) is 5.64. The van der Waals surface area contributed by atoms with Crippen LogP contribution in [-0.2, 0) is 12.8 Å². The molecule has 5 nitrogen and oxygen atoms in total. The van der Waals surface area contributed by atoms with Gasteiger partial charge in [0.05, 0.1) is 12.6 Å². The number of ether oxygens (including phenoxy) is 1. The summed E-state index contributed by atoms with van der Waals surface area (Å²) in [5.74, 6) is 3.64. The lowest BCUT2D eigenvalue weighted by Crippen LogP contribution is -2.39. The van der Waals surface area contributed by atoms with E-state index in [-0.39, 0.29) is 6.04 Å². The molecule has 0 amide bonds. The Hall–Kier alpha value is -2.43. The van der Waals surface area contributed by atoms with Gasteiger partial charge in [0.15, 0.2) is 5.96 Å². The van der Waals surface area contributed by atoms with Crippen molar-refractivity contribution in [1.29, 1.82) is 0 Å². The van der Waals surface area contributed by atoms with Crippen LogP contribution < -0.4 is 15.4 Å². The Morgan fingerprint density at radius 3 is 2.92 bits per heavy atom. The van der Waals surface area contributed by atoms with Gasteiger partial charge in [-0.25, -0.2) is 0 Å². The normalized spacial score (nSPS) is 14.9. The van der Waals surface area contributed by atoms with Crippen molar-refractivity contribution in [2.75, 3.05) is 20.2 Å². The highest BCUT2D eigenvalue weighted by Crippen LogP contribution is 2.25. The Kier molecular flexibility index (Phi) is 5.08. The molecule has 0 aliphatic carbocycles. The summed E-state index contributed by atoms with van der Waals surface area (Å²) >= 11 is 0. The number of nitrogens with zero attached hydrogens (tertiary/aromatic N) is 1. The second-order valence-electron chi connectivity index (χ2n) is 6.10. The number of aliphatic imine (C=N–C) groups is 1. The molecule has 1 atom stereocenters. The third-order valence-electron chi connectivity index (χ3n) is 4.22. The Morgan fingerprint density at radius 1 is 1.29 bits per heavy atom. The van der Waals surface area contributed by atoms with Gasteiger partial charge >= 0.3 is 0 Å². The summed E-state index contributed by atoms with van der Waals surface area (Å²) in [4.78, 5) is 4.28. The molecule has 2 heterocycles. The lowest BCUT2D eigenvalue weighted by Gasteiger charge is -2.16. The Morgan fingerprint density at radius 2 is 2.17 bits per heavy atom. The highest BCUT2D eigenvalue weighted by atomic mass is 16.5. The highest BCUT2D eigenvalue weighted by Gasteiger charge is 2.13. The van der Waals surface area contributed by atoms with Crippen molar-refractivity contribution < 1.29 is 9.15 Å². The predicted octanol–water partition coefficient (Wildman–Crippen LogP) is 2.99. The van der Waals surface area contributed by atoms with Gasteiger partial charge < -0.3 is 19.8 Å². The van der Waals surface area contributed by atoms with Crippen LogP contribution in [0.25, 0.3) is 0 Å². The monoisotopic (exact) mass is 327 g/mol. The minimum Gasteiger partial charge on any atom is -0.493 e. The first-order valence-electron chi connectivity index (χ1n) is 8.44. The molecule has 128 valence electrons. The molecule has 0 bridgehead atoms. The number of hydrogen-bond donors (Lipinski definition) is 2. The van der Waals surface area contributed by atoms with Crippen LogP contribution in [0.15, 0.2) is 39.7 Å². The Labute approximate surface area is 143 Å². The number of guanidine groups is 1. The van der Waals surface area contributed by atoms with Crippen molar-refractivity contribution in [1.82, 2.24) is 10.6 Å². The molecule has 1 aliphatic heterocycles. The van der Waals surface area contributed by atoms with E-state index in [2.05, 4.69) is 40.7 Å². The maximum Gasteiger partial charge on any atom is 0.191 e. The first-order valence-corrected chi connectivity index (χ1v) is 8.44. The third-order valence-corrected chi connectivity index (χ3v) is 4.22. The molecule has 0 fully saturated rings. The van der Waals surface area contributed by atoms with Crippen molar-refractivity contribution in [3.63, 3.8) is 0 Å². The van der Waals surface area contributed by atoms with Gasteiger partial charge in [0, 0.05) is 20.0 Å². The zero-order valence-corrected chi connectivity index (χ0v) is 14.6. The molecule has 0 radical (unpaired) electrons. The maximum atomic E-state index is 5.65. The van der Waals surface area contributed by atoms with E-state index in [0.29, 0.717) is 0 Å². The molecule has 5 heteroatoms. The summed E-state index contributed by atoms with van der Waals surface area (Å²) in [5, 5.41) is 6.71. The predicted molar refractivity (Wildman–Crippen MR) is 95.7 cm³/mol. The van der Waals surface area contributed by atoms with Gasteiger partial charge in [-0.3, -0.25) is 4.99 Å². The summed E-state index contributed by atoms with van der Waals surface area (Å²) in [6.07, 6.45) is 1.96. The SMILES string of the molecule is CN=C(NCCc1ccc2c(c1)CCO2)N[C@H](C)c1ccc(C)o1. The molecular weight excluding hydrogens is 302 g/mol. The van der Waals surface area contributed by atoms with Gasteiger partial charge in [0.2, 0.25) is 0 Å². The minimum absolute atomic E-state index is 0.0713. The van der Waals surface area contributed by atoms with E-state index in [9.17, 15) is 0 Å². The molecule has 2 aromatic rings. The molecule has 0 saturated heterocycles. The van der Waals surface area contributed by atoms with Crippen molar-refractivity contribution >= 4 is 5.96 Å². The first kappa shape index (κ1) is 16.4. The lowest BCUT2D eigenvalue weighted by atomic mass is 10.1. The van der Waals surface area contributed by atoms with Crippen LogP contribution in [0.5, 0.6) is 5.75 Å². The summed E-state index contributed by atoms with van der Waals surface area (Å²) in [5.41, 5.74) is 2.63. The molecule has 0 unspecified atom stereocenters. The number of fused-ring (bicyclic) bond motifs is 1. The quantitative estimate of drug-likeness (QED) is 0.655. The number of aryl methyl sites for hydroxylation is 1. The number of benzene rings is 1. The molecule has 24 heavy (non-hydrogen) atoms. The number of furan rings is 1. The van der Waals surface area contributed by atoms with Crippen molar-refractivity contribution in [3.05, 3.63) is 53.0 Å². The molecular formula is C19H25N3O2. The average Bonchev–Trinajstić information content (AvgIpc) is 3.22. The van der Waals surface area contributed by atoms with Crippen LogP contribution in [-0.4, -0.2) is 26.2 Å².